The second kappa shape index (κ2) is 5.33. The largest absolute Gasteiger partial charge is 0.497 e. The standard InChI is InChI=1S/C18H16F3NO/c1-17(18(19,20)21,12-7-9-13(23-2)10-8-12)15-11-22-16-6-4-3-5-14(15)16/h3-11,22H,1-2H3/t17-/m0/s1. The Balaban J connectivity index is 2.25. The highest BCUT2D eigenvalue weighted by Gasteiger charge is 2.54. The molecule has 23 heavy (non-hydrogen) atoms. The average Bonchev–Trinajstić information content (AvgIpc) is 2.97. The van der Waals surface area contributed by atoms with Crippen LogP contribution in [-0.4, -0.2) is 18.3 Å². The number of aromatic amines is 1. The summed E-state index contributed by atoms with van der Waals surface area (Å²) in [5.74, 6) is 0.525. The molecule has 0 bridgehead atoms. The van der Waals surface area contributed by atoms with Crippen molar-refractivity contribution in [3.05, 3.63) is 65.9 Å². The van der Waals surface area contributed by atoms with Gasteiger partial charge in [0.25, 0.3) is 0 Å². The Morgan fingerprint density at radius 2 is 1.61 bits per heavy atom. The summed E-state index contributed by atoms with van der Waals surface area (Å²) in [6, 6.07) is 13.0. The molecule has 0 aliphatic heterocycles. The Bertz CT molecular complexity index is 820. The number of rotatable bonds is 3. The van der Waals surface area contributed by atoms with E-state index >= 15 is 0 Å². The number of benzene rings is 2. The number of alkyl halides is 3. The van der Waals surface area contributed by atoms with Crippen molar-refractivity contribution in [2.24, 2.45) is 0 Å². The normalized spacial score (nSPS) is 14.7. The van der Waals surface area contributed by atoms with Gasteiger partial charge in [-0.2, -0.15) is 13.2 Å². The fourth-order valence-electron chi connectivity index (χ4n) is 2.88. The number of ether oxygens (including phenoxy) is 1. The summed E-state index contributed by atoms with van der Waals surface area (Å²) in [7, 11) is 1.48. The fourth-order valence-corrected chi connectivity index (χ4v) is 2.88. The molecule has 0 radical (unpaired) electrons. The number of aromatic nitrogens is 1. The van der Waals surface area contributed by atoms with Crippen LogP contribution in [0.4, 0.5) is 13.2 Å². The van der Waals surface area contributed by atoms with Crippen LogP contribution in [0.25, 0.3) is 10.9 Å². The van der Waals surface area contributed by atoms with E-state index in [1.54, 1.807) is 36.4 Å². The van der Waals surface area contributed by atoms with Crippen LogP contribution in [0, 0.1) is 0 Å². The third kappa shape index (κ3) is 2.36. The van der Waals surface area contributed by atoms with Gasteiger partial charge in [0, 0.05) is 17.1 Å². The Hall–Kier alpha value is -2.43. The van der Waals surface area contributed by atoms with E-state index in [0.717, 1.165) is 0 Å². The number of halogens is 3. The Morgan fingerprint density at radius 3 is 2.22 bits per heavy atom. The summed E-state index contributed by atoms with van der Waals surface area (Å²) in [4.78, 5) is 2.93. The molecule has 3 aromatic rings. The minimum absolute atomic E-state index is 0.176. The van der Waals surface area contributed by atoms with Gasteiger partial charge >= 0.3 is 6.18 Å². The van der Waals surface area contributed by atoms with Gasteiger partial charge in [-0.15, -0.1) is 0 Å². The van der Waals surface area contributed by atoms with Crippen LogP contribution in [0.1, 0.15) is 18.1 Å². The number of H-pyrrole nitrogens is 1. The minimum Gasteiger partial charge on any atom is -0.497 e. The highest BCUT2D eigenvalue weighted by molar-refractivity contribution is 5.85. The van der Waals surface area contributed by atoms with E-state index in [1.165, 1.54) is 32.4 Å². The lowest BCUT2D eigenvalue weighted by Gasteiger charge is -2.32. The van der Waals surface area contributed by atoms with E-state index < -0.39 is 11.6 Å². The SMILES string of the molecule is COc1ccc([C@@](C)(c2c[nH]c3ccccc23)C(F)(F)F)cc1. The summed E-state index contributed by atoms with van der Waals surface area (Å²) in [5.41, 5.74) is -1.04. The maximum absolute atomic E-state index is 14.0. The molecule has 0 saturated heterocycles. The van der Waals surface area contributed by atoms with E-state index in [-0.39, 0.29) is 11.1 Å². The Labute approximate surface area is 131 Å². The molecule has 0 aliphatic rings. The van der Waals surface area contributed by atoms with Crippen molar-refractivity contribution < 1.29 is 17.9 Å². The molecule has 0 saturated carbocycles. The van der Waals surface area contributed by atoms with E-state index in [9.17, 15) is 13.2 Å². The number of fused-ring (bicyclic) bond motifs is 1. The zero-order chi connectivity index (χ0) is 16.7. The molecule has 2 nitrogen and oxygen atoms in total. The number of hydrogen-bond donors (Lipinski definition) is 1. The third-order valence-corrected chi connectivity index (χ3v) is 4.36. The maximum atomic E-state index is 14.0. The first kappa shape index (κ1) is 15.5. The lowest BCUT2D eigenvalue weighted by Crippen LogP contribution is -2.40. The van der Waals surface area contributed by atoms with E-state index in [2.05, 4.69) is 4.98 Å². The van der Waals surface area contributed by atoms with Crippen molar-refractivity contribution in [1.82, 2.24) is 4.98 Å². The van der Waals surface area contributed by atoms with Crippen LogP contribution >= 0.6 is 0 Å². The zero-order valence-electron chi connectivity index (χ0n) is 12.7. The molecule has 2 aromatic carbocycles. The summed E-state index contributed by atoms with van der Waals surface area (Å²) in [5, 5.41) is 0.572. The second-order valence-electron chi connectivity index (χ2n) is 5.60. The van der Waals surface area contributed by atoms with Crippen molar-refractivity contribution in [3.8, 4) is 5.75 Å². The molecule has 0 unspecified atom stereocenters. The van der Waals surface area contributed by atoms with Crippen molar-refractivity contribution in [3.63, 3.8) is 0 Å². The molecule has 5 heteroatoms. The molecule has 1 aromatic heterocycles. The van der Waals surface area contributed by atoms with Crippen LogP contribution in [0.5, 0.6) is 5.75 Å². The Morgan fingerprint density at radius 1 is 0.957 bits per heavy atom. The van der Waals surface area contributed by atoms with Gasteiger partial charge < -0.3 is 9.72 Å². The number of hydrogen-bond acceptors (Lipinski definition) is 1. The van der Waals surface area contributed by atoms with E-state index in [1.807, 2.05) is 0 Å². The average molecular weight is 319 g/mol. The second-order valence-corrected chi connectivity index (χ2v) is 5.60. The molecule has 0 aliphatic carbocycles. The van der Waals surface area contributed by atoms with Crippen LogP contribution in [0.2, 0.25) is 0 Å². The molecule has 1 N–H and O–H groups in total. The third-order valence-electron chi connectivity index (χ3n) is 4.36. The van der Waals surface area contributed by atoms with Crippen molar-refractivity contribution >= 4 is 10.9 Å². The molecule has 0 fully saturated rings. The maximum Gasteiger partial charge on any atom is 0.402 e. The molecule has 3 rings (SSSR count). The van der Waals surface area contributed by atoms with Crippen molar-refractivity contribution in [2.45, 2.75) is 18.5 Å². The van der Waals surface area contributed by atoms with Gasteiger partial charge in [0.1, 0.15) is 11.2 Å². The van der Waals surface area contributed by atoms with Gasteiger partial charge in [0.05, 0.1) is 7.11 Å². The van der Waals surface area contributed by atoms with E-state index in [4.69, 9.17) is 4.74 Å². The number of para-hydroxylation sites is 1. The monoisotopic (exact) mass is 319 g/mol. The molecular weight excluding hydrogens is 303 g/mol. The summed E-state index contributed by atoms with van der Waals surface area (Å²) in [6.07, 6.45) is -2.99. The quantitative estimate of drug-likeness (QED) is 0.718. The zero-order valence-corrected chi connectivity index (χ0v) is 12.7. The number of nitrogens with one attached hydrogen (secondary N) is 1. The topological polar surface area (TPSA) is 25.0 Å². The minimum atomic E-state index is -4.44. The van der Waals surface area contributed by atoms with Crippen LogP contribution < -0.4 is 4.74 Å². The first-order chi connectivity index (χ1) is 10.9. The van der Waals surface area contributed by atoms with Gasteiger partial charge in [-0.05, 0) is 36.2 Å². The molecule has 0 amide bonds. The van der Waals surface area contributed by atoms with Crippen LogP contribution in [0.15, 0.2) is 54.7 Å². The lowest BCUT2D eigenvalue weighted by atomic mass is 9.75. The summed E-state index contributed by atoms with van der Waals surface area (Å²) in [6.45, 7) is 1.21. The molecule has 0 spiro atoms. The van der Waals surface area contributed by atoms with Gasteiger partial charge in [-0.1, -0.05) is 30.3 Å². The lowest BCUT2D eigenvalue weighted by molar-refractivity contribution is -0.172. The van der Waals surface area contributed by atoms with Gasteiger partial charge in [0.15, 0.2) is 0 Å². The molecule has 1 atom stereocenters. The van der Waals surface area contributed by atoms with Crippen LogP contribution in [0.3, 0.4) is 0 Å². The summed E-state index contributed by atoms with van der Waals surface area (Å²) < 4.78 is 47.1. The summed E-state index contributed by atoms with van der Waals surface area (Å²) >= 11 is 0. The van der Waals surface area contributed by atoms with Crippen LogP contribution in [-0.2, 0) is 5.41 Å². The predicted molar refractivity (Wildman–Crippen MR) is 83.8 cm³/mol. The predicted octanol–water partition coefficient (Wildman–Crippen LogP) is 5.04. The van der Waals surface area contributed by atoms with Gasteiger partial charge in [0.2, 0.25) is 0 Å². The first-order valence-electron chi connectivity index (χ1n) is 7.16. The molecule has 120 valence electrons. The van der Waals surface area contributed by atoms with E-state index in [0.29, 0.717) is 16.7 Å². The van der Waals surface area contributed by atoms with Gasteiger partial charge in [-0.3, -0.25) is 0 Å². The first-order valence-corrected chi connectivity index (χ1v) is 7.16. The van der Waals surface area contributed by atoms with Crippen molar-refractivity contribution in [2.75, 3.05) is 7.11 Å². The highest BCUT2D eigenvalue weighted by atomic mass is 19.4. The number of methoxy groups -OCH3 is 1. The molecule has 1 heterocycles. The van der Waals surface area contributed by atoms with Crippen molar-refractivity contribution in [1.29, 1.82) is 0 Å². The molecular formula is C18H16F3NO. The fraction of sp³-hybridized carbons (Fsp3) is 0.222. The highest BCUT2D eigenvalue weighted by Crippen LogP contribution is 2.48. The van der Waals surface area contributed by atoms with Gasteiger partial charge in [-0.25, -0.2) is 0 Å². The smallest absolute Gasteiger partial charge is 0.402 e. The Kier molecular flexibility index (Phi) is 3.59.